The van der Waals surface area contributed by atoms with Crippen molar-refractivity contribution in [2.75, 3.05) is 0 Å². The Morgan fingerprint density at radius 2 is 2.08 bits per heavy atom. The van der Waals surface area contributed by atoms with Gasteiger partial charge in [-0.2, -0.15) is 0 Å². The van der Waals surface area contributed by atoms with Crippen molar-refractivity contribution in [2.45, 2.75) is 20.3 Å². The number of allylic oxidation sites excluding steroid dienone is 1. The minimum Gasteiger partial charge on any atom is -0.295 e. The maximum Gasteiger partial charge on any atom is 0.155 e. The Balaban J connectivity index is 2.80. The van der Waals surface area contributed by atoms with Gasteiger partial charge in [0.2, 0.25) is 0 Å². The Morgan fingerprint density at radius 1 is 1.38 bits per heavy atom. The first-order valence-corrected chi connectivity index (χ1v) is 4.50. The first kappa shape index (κ1) is 9.72. The number of rotatable bonds is 3. The first-order valence-electron chi connectivity index (χ1n) is 4.50. The lowest BCUT2D eigenvalue weighted by molar-refractivity contribution is -0.114. The fourth-order valence-corrected chi connectivity index (χ4v) is 1.07. The number of hydrogen-bond acceptors (Lipinski definition) is 1. The minimum absolute atomic E-state index is 0.170. The second kappa shape index (κ2) is 4.61. The van der Waals surface area contributed by atoms with Gasteiger partial charge in [0.15, 0.2) is 5.78 Å². The van der Waals surface area contributed by atoms with Gasteiger partial charge in [-0.05, 0) is 24.1 Å². The van der Waals surface area contributed by atoms with Crippen LogP contribution in [0, 0.1) is 6.92 Å². The summed E-state index contributed by atoms with van der Waals surface area (Å²) in [5, 5.41) is 0. The smallest absolute Gasteiger partial charge is 0.155 e. The van der Waals surface area contributed by atoms with E-state index >= 15 is 0 Å². The molecule has 1 heteroatoms. The van der Waals surface area contributed by atoms with Gasteiger partial charge in [0, 0.05) is 6.42 Å². The van der Waals surface area contributed by atoms with Gasteiger partial charge in [-0.1, -0.05) is 37.3 Å². The van der Waals surface area contributed by atoms with Crippen molar-refractivity contribution >= 4 is 11.9 Å². The fraction of sp³-hybridized carbons (Fsp3) is 0.250. The average Bonchev–Trinajstić information content (AvgIpc) is 2.16. The van der Waals surface area contributed by atoms with Gasteiger partial charge in [0.05, 0.1) is 0 Å². The van der Waals surface area contributed by atoms with Crippen LogP contribution in [0.2, 0.25) is 0 Å². The second-order valence-electron chi connectivity index (χ2n) is 3.01. The van der Waals surface area contributed by atoms with Gasteiger partial charge in [0.25, 0.3) is 0 Å². The van der Waals surface area contributed by atoms with Crippen LogP contribution in [0.5, 0.6) is 0 Å². The van der Waals surface area contributed by atoms with Gasteiger partial charge in [-0.15, -0.1) is 0 Å². The third-order valence-corrected chi connectivity index (χ3v) is 1.99. The highest BCUT2D eigenvalue weighted by molar-refractivity contribution is 5.93. The summed E-state index contributed by atoms with van der Waals surface area (Å²) >= 11 is 0. The van der Waals surface area contributed by atoms with Crippen molar-refractivity contribution < 1.29 is 4.79 Å². The molecule has 1 aromatic rings. The molecule has 13 heavy (non-hydrogen) atoms. The Bertz CT molecular complexity index is 324. The zero-order valence-electron chi connectivity index (χ0n) is 8.08. The number of carbonyl (C=O) groups excluding carboxylic acids is 1. The molecule has 0 saturated carbocycles. The van der Waals surface area contributed by atoms with E-state index in [1.54, 1.807) is 6.08 Å². The van der Waals surface area contributed by atoms with Crippen molar-refractivity contribution in [3.63, 3.8) is 0 Å². The lowest BCUT2D eigenvalue weighted by atomic mass is 10.1. The zero-order chi connectivity index (χ0) is 9.68. The maximum absolute atomic E-state index is 11.0. The van der Waals surface area contributed by atoms with E-state index in [4.69, 9.17) is 0 Å². The van der Waals surface area contributed by atoms with Crippen LogP contribution in [-0.2, 0) is 4.79 Å². The Morgan fingerprint density at radius 3 is 2.69 bits per heavy atom. The molecule has 0 aliphatic carbocycles. The van der Waals surface area contributed by atoms with E-state index < -0.39 is 0 Å². The number of carbonyl (C=O) groups is 1. The van der Waals surface area contributed by atoms with Gasteiger partial charge < -0.3 is 0 Å². The molecule has 0 aliphatic heterocycles. The molecule has 68 valence electrons. The van der Waals surface area contributed by atoms with Gasteiger partial charge >= 0.3 is 0 Å². The summed E-state index contributed by atoms with van der Waals surface area (Å²) in [6.07, 6.45) is 4.09. The van der Waals surface area contributed by atoms with Gasteiger partial charge in [-0.25, -0.2) is 0 Å². The molecule has 0 saturated heterocycles. The summed E-state index contributed by atoms with van der Waals surface area (Å²) in [6, 6.07) is 8.02. The standard InChI is InChI=1S/C12H14O/c1-3-12(13)9-8-11-7-5-4-6-10(11)2/h4-9H,3H2,1-2H3/b9-8+. The molecule has 0 heterocycles. The van der Waals surface area contributed by atoms with E-state index in [1.165, 1.54) is 5.56 Å². The molecule has 0 unspecified atom stereocenters. The molecule has 0 N–H and O–H groups in total. The Labute approximate surface area is 79.1 Å². The molecule has 0 aliphatic rings. The van der Waals surface area contributed by atoms with Crippen LogP contribution in [0.4, 0.5) is 0 Å². The summed E-state index contributed by atoms with van der Waals surface area (Å²) in [7, 11) is 0. The number of hydrogen-bond donors (Lipinski definition) is 0. The maximum atomic E-state index is 11.0. The van der Waals surface area contributed by atoms with Crippen LogP contribution < -0.4 is 0 Å². The number of benzene rings is 1. The minimum atomic E-state index is 0.170. The summed E-state index contributed by atoms with van der Waals surface area (Å²) < 4.78 is 0. The lowest BCUT2D eigenvalue weighted by Crippen LogP contribution is -1.87. The number of aryl methyl sites for hydroxylation is 1. The van der Waals surface area contributed by atoms with Crippen molar-refractivity contribution in [1.29, 1.82) is 0 Å². The van der Waals surface area contributed by atoms with Gasteiger partial charge in [0.1, 0.15) is 0 Å². The molecule has 0 amide bonds. The van der Waals surface area contributed by atoms with Crippen LogP contribution in [0.3, 0.4) is 0 Å². The van der Waals surface area contributed by atoms with Crippen LogP contribution >= 0.6 is 0 Å². The first-order chi connectivity index (χ1) is 6.24. The normalized spacial score (nSPS) is 10.6. The molecular formula is C12H14O. The molecule has 0 spiro atoms. The Hall–Kier alpha value is -1.37. The summed E-state index contributed by atoms with van der Waals surface area (Å²) in [6.45, 7) is 3.90. The zero-order valence-corrected chi connectivity index (χ0v) is 8.08. The highest BCUT2D eigenvalue weighted by Gasteiger charge is 1.93. The molecule has 0 radical (unpaired) electrons. The van der Waals surface area contributed by atoms with Crippen LogP contribution in [0.15, 0.2) is 30.3 Å². The van der Waals surface area contributed by atoms with E-state index in [0.29, 0.717) is 6.42 Å². The predicted octanol–water partition coefficient (Wildman–Crippen LogP) is 2.99. The van der Waals surface area contributed by atoms with Crippen molar-refractivity contribution in [2.24, 2.45) is 0 Å². The number of ketones is 1. The van der Waals surface area contributed by atoms with Crippen LogP contribution in [0.25, 0.3) is 6.08 Å². The third-order valence-electron chi connectivity index (χ3n) is 1.99. The lowest BCUT2D eigenvalue weighted by Gasteiger charge is -1.97. The largest absolute Gasteiger partial charge is 0.295 e. The van der Waals surface area contributed by atoms with E-state index in [0.717, 1.165) is 5.56 Å². The van der Waals surface area contributed by atoms with Crippen LogP contribution in [0.1, 0.15) is 24.5 Å². The topological polar surface area (TPSA) is 17.1 Å². The highest BCUT2D eigenvalue weighted by Crippen LogP contribution is 2.08. The predicted molar refractivity (Wildman–Crippen MR) is 55.5 cm³/mol. The molecule has 0 fully saturated rings. The average molecular weight is 174 g/mol. The monoisotopic (exact) mass is 174 g/mol. The van der Waals surface area contributed by atoms with Crippen molar-refractivity contribution in [3.8, 4) is 0 Å². The van der Waals surface area contributed by atoms with Crippen LogP contribution in [-0.4, -0.2) is 5.78 Å². The second-order valence-corrected chi connectivity index (χ2v) is 3.01. The summed E-state index contributed by atoms with van der Waals surface area (Å²) in [4.78, 5) is 11.0. The van der Waals surface area contributed by atoms with E-state index in [-0.39, 0.29) is 5.78 Å². The summed E-state index contributed by atoms with van der Waals surface area (Å²) in [5.41, 5.74) is 2.31. The fourth-order valence-electron chi connectivity index (χ4n) is 1.07. The highest BCUT2D eigenvalue weighted by atomic mass is 16.1. The SMILES string of the molecule is CCC(=O)/C=C/c1ccccc1C. The van der Waals surface area contributed by atoms with E-state index in [2.05, 4.69) is 0 Å². The van der Waals surface area contributed by atoms with Gasteiger partial charge in [-0.3, -0.25) is 4.79 Å². The molecule has 0 aromatic heterocycles. The van der Waals surface area contributed by atoms with E-state index in [1.807, 2.05) is 44.2 Å². The molecule has 0 bridgehead atoms. The Kier molecular flexibility index (Phi) is 3.44. The van der Waals surface area contributed by atoms with Crippen molar-refractivity contribution in [3.05, 3.63) is 41.5 Å². The van der Waals surface area contributed by atoms with Crippen molar-refractivity contribution in [1.82, 2.24) is 0 Å². The summed E-state index contributed by atoms with van der Waals surface area (Å²) in [5.74, 6) is 0.170. The molecule has 1 aromatic carbocycles. The molecule has 1 nitrogen and oxygen atoms in total. The molecule has 1 rings (SSSR count). The molecule has 0 atom stereocenters. The molecular weight excluding hydrogens is 160 g/mol. The van der Waals surface area contributed by atoms with E-state index in [9.17, 15) is 4.79 Å². The third kappa shape index (κ3) is 2.86. The quantitative estimate of drug-likeness (QED) is 0.644.